The van der Waals surface area contributed by atoms with Gasteiger partial charge < -0.3 is 0 Å². The van der Waals surface area contributed by atoms with Gasteiger partial charge in [-0.05, 0) is 84.5 Å². The Morgan fingerprint density at radius 3 is 1.55 bits per heavy atom. The lowest BCUT2D eigenvalue weighted by Gasteiger charge is -2.13. The van der Waals surface area contributed by atoms with Gasteiger partial charge in [-0.2, -0.15) is 9.98 Å². The molecule has 2 aromatic rings. The number of isothiocyanates is 2. The van der Waals surface area contributed by atoms with E-state index in [1.54, 1.807) is 0 Å². The van der Waals surface area contributed by atoms with Crippen LogP contribution >= 0.6 is 24.4 Å². The number of aryl methyl sites for hydroxylation is 4. The second-order valence-electron chi connectivity index (χ2n) is 5.33. The zero-order valence-electron chi connectivity index (χ0n) is 12.0. The molecule has 0 spiro atoms. The summed E-state index contributed by atoms with van der Waals surface area (Å²) in [6.07, 6.45) is 3.69. The van der Waals surface area contributed by atoms with Crippen molar-refractivity contribution in [3.63, 3.8) is 0 Å². The lowest BCUT2D eigenvalue weighted by Crippen LogP contribution is -1.99. The van der Waals surface area contributed by atoms with Crippen molar-refractivity contribution in [3.05, 3.63) is 58.7 Å². The number of benzene rings is 2. The van der Waals surface area contributed by atoms with E-state index >= 15 is 0 Å². The molecular formula is C18H14N2S2. The lowest BCUT2D eigenvalue weighted by molar-refractivity contribution is 0.921. The highest BCUT2D eigenvalue weighted by atomic mass is 32.1. The Kier molecular flexibility index (Phi) is 4.67. The van der Waals surface area contributed by atoms with Crippen LogP contribution in [0.1, 0.15) is 22.3 Å². The summed E-state index contributed by atoms with van der Waals surface area (Å²) in [5.41, 5.74) is 6.76. The molecule has 0 aromatic heterocycles. The van der Waals surface area contributed by atoms with Gasteiger partial charge in [0, 0.05) is 0 Å². The van der Waals surface area contributed by atoms with Gasteiger partial charge in [0.25, 0.3) is 0 Å². The van der Waals surface area contributed by atoms with Crippen molar-refractivity contribution in [2.24, 2.45) is 9.98 Å². The summed E-state index contributed by atoms with van der Waals surface area (Å²) in [6.45, 7) is 0. The van der Waals surface area contributed by atoms with Gasteiger partial charge >= 0.3 is 0 Å². The molecule has 0 amide bonds. The fourth-order valence-corrected chi connectivity index (χ4v) is 3.01. The standard InChI is InChI=1S/C18H14N2S2/c21-11-19-17-9-13-1-2-14-4-6-16(18(10-14)20-12-22)8-7-15(17)5-3-13/h3-6,9-10H,1-2,7-8H2. The summed E-state index contributed by atoms with van der Waals surface area (Å²) in [4.78, 5) is 8.45. The van der Waals surface area contributed by atoms with Crippen molar-refractivity contribution >= 4 is 46.1 Å². The average Bonchev–Trinajstić information content (AvgIpc) is 2.52. The van der Waals surface area contributed by atoms with Gasteiger partial charge in [-0.3, -0.25) is 0 Å². The number of aliphatic imine (C=N–C) groups is 2. The molecular weight excluding hydrogens is 308 g/mol. The van der Waals surface area contributed by atoms with E-state index in [9.17, 15) is 0 Å². The van der Waals surface area contributed by atoms with Gasteiger partial charge in [0.2, 0.25) is 0 Å². The van der Waals surface area contributed by atoms with Gasteiger partial charge in [0.05, 0.1) is 21.7 Å². The van der Waals surface area contributed by atoms with Crippen LogP contribution in [-0.4, -0.2) is 10.3 Å². The topological polar surface area (TPSA) is 24.7 Å². The highest BCUT2D eigenvalue weighted by Crippen LogP contribution is 2.28. The fraction of sp³-hybridized carbons (Fsp3) is 0.222. The first-order valence-corrected chi connectivity index (χ1v) is 8.01. The van der Waals surface area contributed by atoms with Crippen LogP contribution < -0.4 is 0 Å². The fourth-order valence-electron chi connectivity index (χ4n) is 2.82. The first kappa shape index (κ1) is 15.0. The Hall–Kier alpha value is -1.96. The minimum absolute atomic E-state index is 0.884. The van der Waals surface area contributed by atoms with Crippen LogP contribution in [0.15, 0.2) is 46.4 Å². The molecule has 6 rings (SSSR count). The first-order chi connectivity index (χ1) is 10.8. The minimum atomic E-state index is 0.884. The monoisotopic (exact) mass is 322 g/mol. The molecule has 0 aliphatic heterocycles. The maximum absolute atomic E-state index is 4.77. The second kappa shape index (κ2) is 6.87. The van der Waals surface area contributed by atoms with Crippen molar-refractivity contribution in [1.82, 2.24) is 0 Å². The number of nitrogens with zero attached hydrogens (tertiary/aromatic N) is 2. The Balaban J connectivity index is 2.07. The van der Waals surface area contributed by atoms with Gasteiger partial charge in [-0.15, -0.1) is 0 Å². The number of rotatable bonds is 2. The van der Waals surface area contributed by atoms with Crippen LogP contribution in [0.2, 0.25) is 0 Å². The summed E-state index contributed by atoms with van der Waals surface area (Å²) in [5.74, 6) is 0. The first-order valence-electron chi connectivity index (χ1n) is 7.19. The van der Waals surface area contributed by atoms with E-state index in [4.69, 9.17) is 24.4 Å². The predicted molar refractivity (Wildman–Crippen MR) is 97.1 cm³/mol. The molecule has 0 saturated carbocycles. The lowest BCUT2D eigenvalue weighted by atomic mass is 9.94. The smallest absolute Gasteiger partial charge is 0.0774 e. The molecule has 0 saturated heterocycles. The molecule has 108 valence electrons. The van der Waals surface area contributed by atoms with Crippen LogP contribution in [0, 0.1) is 0 Å². The zero-order valence-corrected chi connectivity index (χ0v) is 13.6. The Labute approximate surface area is 140 Å². The van der Waals surface area contributed by atoms with Gasteiger partial charge in [0.15, 0.2) is 0 Å². The van der Waals surface area contributed by atoms with E-state index in [1.165, 1.54) is 22.3 Å². The highest BCUT2D eigenvalue weighted by Gasteiger charge is 2.10. The Morgan fingerprint density at radius 1 is 0.682 bits per heavy atom. The van der Waals surface area contributed by atoms with Gasteiger partial charge in [-0.25, -0.2) is 0 Å². The quantitative estimate of drug-likeness (QED) is 0.571. The minimum Gasteiger partial charge on any atom is -0.194 e. The van der Waals surface area contributed by atoms with Gasteiger partial charge in [-0.1, -0.05) is 24.3 Å². The van der Waals surface area contributed by atoms with Crippen LogP contribution in [0.4, 0.5) is 11.4 Å². The number of thiocarbonyl (C=S) groups is 2. The summed E-state index contributed by atoms with van der Waals surface area (Å²) >= 11 is 9.55. The SMILES string of the molecule is S=C=Nc1cc2ccc1CCc1ccc(cc1N=C=S)CC2. The van der Waals surface area contributed by atoms with Crippen molar-refractivity contribution in [2.75, 3.05) is 0 Å². The third-order valence-electron chi connectivity index (χ3n) is 4.00. The van der Waals surface area contributed by atoms with Crippen molar-refractivity contribution < 1.29 is 0 Å². The van der Waals surface area contributed by atoms with E-state index in [1.807, 2.05) is 0 Å². The normalized spacial score (nSPS) is 12.7. The molecule has 0 radical (unpaired) electrons. The van der Waals surface area contributed by atoms with E-state index < -0.39 is 0 Å². The van der Waals surface area contributed by atoms with Crippen LogP contribution in [0.5, 0.6) is 0 Å². The van der Waals surface area contributed by atoms with Crippen LogP contribution in [0.25, 0.3) is 0 Å². The zero-order chi connectivity index (χ0) is 15.4. The number of hydrogen-bond acceptors (Lipinski definition) is 4. The average molecular weight is 322 g/mol. The van der Waals surface area contributed by atoms with Gasteiger partial charge in [0.1, 0.15) is 0 Å². The molecule has 0 unspecified atom stereocenters. The molecule has 2 aromatic carbocycles. The molecule has 0 atom stereocenters. The predicted octanol–water partition coefficient (Wildman–Crippen LogP) is 5.04. The van der Waals surface area contributed by atoms with Crippen LogP contribution in [0.3, 0.4) is 0 Å². The Morgan fingerprint density at radius 2 is 1.14 bits per heavy atom. The number of hydrogen-bond donors (Lipinski definition) is 0. The molecule has 0 N–H and O–H groups in total. The molecule has 0 fully saturated rings. The van der Waals surface area contributed by atoms with E-state index in [-0.39, 0.29) is 0 Å². The molecule has 0 heterocycles. The highest BCUT2D eigenvalue weighted by molar-refractivity contribution is 7.78. The van der Waals surface area contributed by atoms with E-state index in [2.05, 4.69) is 56.7 Å². The maximum Gasteiger partial charge on any atom is 0.0774 e. The summed E-state index contributed by atoms with van der Waals surface area (Å²) in [7, 11) is 0. The third kappa shape index (κ3) is 3.27. The molecule has 4 aliphatic rings. The maximum atomic E-state index is 4.77. The molecule has 4 heteroatoms. The van der Waals surface area contributed by atoms with Crippen molar-refractivity contribution in [2.45, 2.75) is 25.7 Å². The summed E-state index contributed by atoms with van der Waals surface area (Å²) < 4.78 is 0. The molecule has 22 heavy (non-hydrogen) atoms. The van der Waals surface area contributed by atoms with E-state index in [0.717, 1.165) is 37.1 Å². The second-order valence-corrected chi connectivity index (χ2v) is 5.70. The molecule has 4 bridgehead atoms. The largest absolute Gasteiger partial charge is 0.194 e. The van der Waals surface area contributed by atoms with E-state index in [0.29, 0.717) is 0 Å². The van der Waals surface area contributed by atoms with Crippen molar-refractivity contribution in [1.29, 1.82) is 0 Å². The summed E-state index contributed by atoms with van der Waals surface area (Å²) in [5, 5.41) is 4.98. The van der Waals surface area contributed by atoms with Crippen LogP contribution in [-0.2, 0) is 25.7 Å². The summed E-state index contributed by atoms with van der Waals surface area (Å²) in [6, 6.07) is 12.9. The molecule has 2 nitrogen and oxygen atoms in total. The Bertz CT molecular complexity index is 744. The van der Waals surface area contributed by atoms with Crippen molar-refractivity contribution in [3.8, 4) is 0 Å². The third-order valence-corrected chi connectivity index (χ3v) is 4.18. The molecule has 4 aliphatic carbocycles.